The van der Waals surface area contributed by atoms with Gasteiger partial charge in [-0.3, -0.25) is 20.0 Å². The number of benzene rings is 2. The van der Waals surface area contributed by atoms with Crippen LogP contribution in [0.4, 0.5) is 4.79 Å². The molecule has 3 rings (SSSR count). The van der Waals surface area contributed by atoms with Crippen LogP contribution in [0.25, 0.3) is 0 Å². The van der Waals surface area contributed by atoms with Crippen molar-refractivity contribution in [3.8, 4) is 0 Å². The van der Waals surface area contributed by atoms with Gasteiger partial charge in [0, 0.05) is 18.2 Å². The minimum Gasteiger partial charge on any atom is -0.465 e. The maximum Gasteiger partial charge on any atom is 0.413 e. The second kappa shape index (κ2) is 13.3. The molecule has 0 saturated heterocycles. The molecule has 0 bridgehead atoms. The lowest BCUT2D eigenvalue weighted by molar-refractivity contribution is -0.122. The third kappa shape index (κ3) is 8.22. The predicted octanol–water partition coefficient (Wildman–Crippen LogP) is 2.82. The molecule has 0 saturated carbocycles. The largest absolute Gasteiger partial charge is 0.465 e. The van der Waals surface area contributed by atoms with Crippen molar-refractivity contribution in [3.63, 3.8) is 0 Å². The summed E-state index contributed by atoms with van der Waals surface area (Å²) in [6, 6.07) is 11.4. The van der Waals surface area contributed by atoms with E-state index in [1.54, 1.807) is 19.1 Å². The van der Waals surface area contributed by atoms with E-state index in [4.69, 9.17) is 27.9 Å². The van der Waals surface area contributed by atoms with E-state index in [0.717, 1.165) is 11.1 Å². The Morgan fingerprint density at radius 2 is 1.92 bits per heavy atom. The van der Waals surface area contributed by atoms with E-state index >= 15 is 0 Å². The van der Waals surface area contributed by atoms with Crippen LogP contribution < -0.4 is 10.6 Å². The molecule has 0 spiro atoms. The van der Waals surface area contributed by atoms with Gasteiger partial charge in [0.1, 0.15) is 18.3 Å². The Morgan fingerprint density at radius 3 is 2.62 bits per heavy atom. The van der Waals surface area contributed by atoms with Crippen molar-refractivity contribution >= 4 is 50.8 Å². The van der Waals surface area contributed by atoms with Gasteiger partial charge in [0.2, 0.25) is 0 Å². The van der Waals surface area contributed by atoms with Gasteiger partial charge in [-0.15, -0.1) is 0 Å². The summed E-state index contributed by atoms with van der Waals surface area (Å²) in [5, 5.41) is 15.3. The fraction of sp³-hybridized carbons (Fsp3) is 0.375. The van der Waals surface area contributed by atoms with E-state index in [0.29, 0.717) is 25.5 Å². The molecule has 200 valence electrons. The summed E-state index contributed by atoms with van der Waals surface area (Å²) in [7, 11) is -3.70. The molecule has 37 heavy (non-hydrogen) atoms. The average molecular weight is 571 g/mol. The number of nitrogens with zero attached hydrogens (tertiary/aromatic N) is 2. The van der Waals surface area contributed by atoms with Crippen molar-refractivity contribution in [1.29, 1.82) is 0 Å². The first kappa shape index (κ1) is 29.0. The highest BCUT2D eigenvalue weighted by Gasteiger charge is 2.24. The van der Waals surface area contributed by atoms with Gasteiger partial charge in [0.25, 0.3) is 0 Å². The van der Waals surface area contributed by atoms with Gasteiger partial charge in [0.15, 0.2) is 15.6 Å². The lowest BCUT2D eigenvalue weighted by atomic mass is 10.1. The standard InChI is InChI=1S/C24H28Cl2N4O6S/c1-16(29-15-37(34,35)21-4-2-3-20(25)22(21)26)13-36-14-19(31)12-27-11-17-5-7-18(8-6-17)23-28-9-10-30(23)24(32)33/h2-8,16,27,29H,9-15H2,1H3,(H,32,33). The van der Waals surface area contributed by atoms with Gasteiger partial charge in [-0.25, -0.2) is 13.2 Å². The van der Waals surface area contributed by atoms with Crippen LogP contribution in [0.2, 0.25) is 10.0 Å². The molecule has 1 aliphatic heterocycles. The number of rotatable bonds is 13. The van der Waals surface area contributed by atoms with Crippen molar-refractivity contribution in [2.24, 2.45) is 4.99 Å². The van der Waals surface area contributed by atoms with Crippen molar-refractivity contribution in [1.82, 2.24) is 15.5 Å². The maximum absolute atomic E-state index is 12.5. The van der Waals surface area contributed by atoms with E-state index < -0.39 is 15.9 Å². The molecule has 1 unspecified atom stereocenters. The van der Waals surface area contributed by atoms with Gasteiger partial charge >= 0.3 is 6.09 Å². The summed E-state index contributed by atoms with van der Waals surface area (Å²) in [6.45, 7) is 3.12. The number of halogens is 2. The number of hydrogen-bond donors (Lipinski definition) is 3. The van der Waals surface area contributed by atoms with Crippen molar-refractivity contribution in [2.75, 3.05) is 38.7 Å². The molecule has 0 aromatic heterocycles. The third-order valence-corrected chi connectivity index (χ3v) is 7.93. The maximum atomic E-state index is 12.5. The molecule has 2 aromatic carbocycles. The Bertz CT molecular complexity index is 1250. The Labute approximate surface area is 225 Å². The monoisotopic (exact) mass is 570 g/mol. The fourth-order valence-corrected chi connectivity index (χ4v) is 5.55. The number of ether oxygens (including phenoxy) is 1. The lowest BCUT2D eigenvalue weighted by Crippen LogP contribution is -2.36. The highest BCUT2D eigenvalue weighted by molar-refractivity contribution is 7.91. The number of amides is 1. The van der Waals surface area contributed by atoms with E-state index in [1.807, 2.05) is 12.1 Å². The van der Waals surface area contributed by atoms with E-state index in [9.17, 15) is 23.1 Å². The number of ketones is 1. The van der Waals surface area contributed by atoms with Crippen LogP contribution in [0.15, 0.2) is 52.4 Å². The molecular weight excluding hydrogens is 543 g/mol. The van der Waals surface area contributed by atoms with Gasteiger partial charge in [0.05, 0.1) is 41.2 Å². The quantitative estimate of drug-likeness (QED) is 0.334. The summed E-state index contributed by atoms with van der Waals surface area (Å²) in [5.74, 6) is -0.0680. The Kier molecular flexibility index (Phi) is 10.4. The molecule has 0 radical (unpaired) electrons. The zero-order valence-electron chi connectivity index (χ0n) is 20.1. The van der Waals surface area contributed by atoms with Crippen LogP contribution in [0.1, 0.15) is 18.1 Å². The highest BCUT2D eigenvalue weighted by Crippen LogP contribution is 2.29. The highest BCUT2D eigenvalue weighted by atomic mass is 35.5. The zero-order valence-corrected chi connectivity index (χ0v) is 22.4. The molecule has 0 fully saturated rings. The first-order valence-electron chi connectivity index (χ1n) is 11.4. The Morgan fingerprint density at radius 1 is 1.19 bits per heavy atom. The van der Waals surface area contributed by atoms with Gasteiger partial charge in [-0.2, -0.15) is 0 Å². The summed E-state index contributed by atoms with van der Waals surface area (Å²) < 4.78 is 30.4. The molecule has 0 aliphatic carbocycles. The van der Waals surface area contributed by atoms with Crippen molar-refractivity contribution in [2.45, 2.75) is 24.4 Å². The fourth-order valence-electron chi connectivity index (χ4n) is 3.51. The minimum absolute atomic E-state index is 0.0167. The first-order valence-corrected chi connectivity index (χ1v) is 13.8. The lowest BCUT2D eigenvalue weighted by Gasteiger charge is -2.15. The number of carbonyl (C=O) groups excluding carboxylic acids is 1. The van der Waals surface area contributed by atoms with Crippen LogP contribution in [0, 0.1) is 0 Å². The molecule has 3 N–H and O–H groups in total. The topological polar surface area (TPSA) is 137 Å². The second-order valence-corrected chi connectivity index (χ2v) is 11.2. The molecule has 10 nitrogen and oxygen atoms in total. The number of nitrogens with one attached hydrogen (secondary N) is 2. The SMILES string of the molecule is CC(COCC(=O)CNCc1ccc(C2=NCCN2C(=O)O)cc1)NCS(=O)(=O)c1cccc(Cl)c1Cl. The molecule has 2 aromatic rings. The molecular formula is C24H28Cl2N4O6S. The number of hydrogen-bond acceptors (Lipinski definition) is 8. The van der Waals surface area contributed by atoms with Gasteiger partial charge in [-0.1, -0.05) is 53.5 Å². The smallest absolute Gasteiger partial charge is 0.413 e. The molecule has 13 heteroatoms. The van der Waals surface area contributed by atoms with E-state index in [-0.39, 0.29) is 52.4 Å². The second-order valence-electron chi connectivity index (χ2n) is 8.41. The van der Waals surface area contributed by atoms with Gasteiger partial charge < -0.3 is 15.2 Å². The summed E-state index contributed by atoms with van der Waals surface area (Å²) in [6.07, 6.45) is -1.03. The number of sulfone groups is 1. The van der Waals surface area contributed by atoms with Crippen LogP contribution in [-0.4, -0.2) is 80.9 Å². The molecule has 1 heterocycles. The Balaban J connectivity index is 1.34. The number of carboxylic acid groups (broad SMARTS) is 1. The number of carbonyl (C=O) groups is 2. The number of amidine groups is 1. The third-order valence-electron chi connectivity index (χ3n) is 5.44. The summed E-state index contributed by atoms with van der Waals surface area (Å²) in [4.78, 5) is 28.8. The zero-order chi connectivity index (χ0) is 27.0. The van der Waals surface area contributed by atoms with Crippen LogP contribution >= 0.6 is 23.2 Å². The summed E-state index contributed by atoms with van der Waals surface area (Å²) in [5.41, 5.74) is 1.65. The van der Waals surface area contributed by atoms with Crippen LogP contribution in [-0.2, 0) is 25.9 Å². The molecule has 1 aliphatic rings. The van der Waals surface area contributed by atoms with Crippen molar-refractivity contribution < 1.29 is 27.9 Å². The summed E-state index contributed by atoms with van der Waals surface area (Å²) >= 11 is 11.9. The Hall–Kier alpha value is -2.54. The van der Waals surface area contributed by atoms with Gasteiger partial charge in [-0.05, 0) is 24.6 Å². The number of Topliss-reactive ketones (excluding diaryl/α,β-unsaturated/α-hetero) is 1. The first-order chi connectivity index (χ1) is 17.6. The van der Waals surface area contributed by atoms with Crippen LogP contribution in [0.5, 0.6) is 0 Å². The van der Waals surface area contributed by atoms with Crippen molar-refractivity contribution in [3.05, 3.63) is 63.6 Å². The predicted molar refractivity (Wildman–Crippen MR) is 141 cm³/mol. The molecule has 1 amide bonds. The average Bonchev–Trinajstić information content (AvgIpc) is 3.35. The van der Waals surface area contributed by atoms with E-state index in [2.05, 4.69) is 15.6 Å². The van der Waals surface area contributed by atoms with E-state index in [1.165, 1.54) is 23.1 Å². The minimum atomic E-state index is -3.70. The number of aliphatic imine (C=N–C) groups is 1. The molecule has 1 atom stereocenters. The van der Waals surface area contributed by atoms with Crippen LogP contribution in [0.3, 0.4) is 0 Å². The normalized spacial score (nSPS) is 14.5.